The second kappa shape index (κ2) is 4.72. The van der Waals surface area contributed by atoms with Crippen molar-refractivity contribution in [3.05, 3.63) is 18.0 Å². The van der Waals surface area contributed by atoms with Crippen molar-refractivity contribution in [2.45, 2.75) is 25.3 Å². The minimum atomic E-state index is 0.228. The predicted octanol–water partition coefficient (Wildman–Crippen LogP) is 0.505. The number of rotatable bonds is 2. The normalized spacial score (nSPS) is 28.4. The van der Waals surface area contributed by atoms with Gasteiger partial charge in [0.15, 0.2) is 0 Å². The van der Waals surface area contributed by atoms with Crippen LogP contribution in [0.1, 0.15) is 18.5 Å². The fraction of sp³-hybridized carbons (Fsp3) is 0.692. The average Bonchev–Trinajstić information content (AvgIpc) is 2.69. The van der Waals surface area contributed by atoms with E-state index in [0.29, 0.717) is 18.4 Å². The van der Waals surface area contributed by atoms with E-state index >= 15 is 0 Å². The molecule has 5 heteroatoms. The molecule has 1 aromatic heterocycles. The number of carbonyl (C=O) groups is 1. The number of nitrogens with zero attached hydrogens (tertiary/aromatic N) is 3. The fourth-order valence-corrected chi connectivity index (χ4v) is 3.18. The number of piperidine rings is 1. The number of amides is 1. The standard InChI is InChI=1S/C13H20N4O/c1-16-7-10-2-3-12(16)9-17(8-10)13(18)6-11-4-5-14-15-11/h4-5,10,12H,2-3,6-9H2,1H3,(H,14,15)/t10-,12-/m0/s1. The van der Waals surface area contributed by atoms with E-state index in [1.54, 1.807) is 6.20 Å². The van der Waals surface area contributed by atoms with Gasteiger partial charge in [-0.3, -0.25) is 9.89 Å². The first-order chi connectivity index (χ1) is 8.72. The molecule has 0 radical (unpaired) electrons. The zero-order valence-corrected chi connectivity index (χ0v) is 10.8. The van der Waals surface area contributed by atoms with Crippen molar-refractivity contribution in [3.8, 4) is 0 Å². The van der Waals surface area contributed by atoms with Crippen molar-refractivity contribution in [3.63, 3.8) is 0 Å². The third kappa shape index (κ3) is 2.27. The summed E-state index contributed by atoms with van der Waals surface area (Å²) in [5, 5.41) is 6.75. The predicted molar refractivity (Wildman–Crippen MR) is 68.0 cm³/mol. The van der Waals surface area contributed by atoms with Gasteiger partial charge in [-0.15, -0.1) is 0 Å². The average molecular weight is 248 g/mol. The number of hydrogen-bond acceptors (Lipinski definition) is 3. The number of carbonyl (C=O) groups excluding carboxylic acids is 1. The molecule has 1 amide bonds. The number of fused-ring (bicyclic) bond motifs is 4. The molecule has 98 valence electrons. The molecule has 0 unspecified atom stereocenters. The summed E-state index contributed by atoms with van der Waals surface area (Å²) < 4.78 is 0. The second-order valence-corrected chi connectivity index (χ2v) is 5.59. The molecule has 3 saturated heterocycles. The van der Waals surface area contributed by atoms with Crippen LogP contribution in [0.4, 0.5) is 0 Å². The van der Waals surface area contributed by atoms with Crippen molar-refractivity contribution in [2.24, 2.45) is 5.92 Å². The van der Waals surface area contributed by atoms with Crippen LogP contribution in [0.15, 0.2) is 12.3 Å². The van der Waals surface area contributed by atoms with E-state index in [1.807, 2.05) is 11.0 Å². The van der Waals surface area contributed by atoms with Gasteiger partial charge < -0.3 is 9.80 Å². The molecule has 5 nitrogen and oxygen atoms in total. The first kappa shape index (κ1) is 11.7. The number of nitrogens with one attached hydrogen (secondary N) is 1. The van der Waals surface area contributed by atoms with Gasteiger partial charge in [-0.25, -0.2) is 0 Å². The molecule has 1 aromatic rings. The summed E-state index contributed by atoms with van der Waals surface area (Å²) in [5.74, 6) is 0.880. The maximum absolute atomic E-state index is 12.3. The second-order valence-electron chi connectivity index (χ2n) is 5.59. The Kier molecular flexibility index (Phi) is 3.07. The van der Waals surface area contributed by atoms with Crippen molar-refractivity contribution in [1.82, 2.24) is 20.0 Å². The number of hydrogen-bond donors (Lipinski definition) is 1. The SMILES string of the molecule is CN1C[C@@H]2CC[C@H]1CN(C(=O)Cc1ccn[nH]1)C2. The van der Waals surface area contributed by atoms with Crippen LogP contribution in [0.25, 0.3) is 0 Å². The van der Waals surface area contributed by atoms with Gasteiger partial charge >= 0.3 is 0 Å². The molecule has 3 fully saturated rings. The Morgan fingerprint density at radius 3 is 3.06 bits per heavy atom. The molecular weight excluding hydrogens is 228 g/mol. The van der Waals surface area contributed by atoms with E-state index < -0.39 is 0 Å². The Morgan fingerprint density at radius 2 is 2.33 bits per heavy atom. The zero-order valence-electron chi connectivity index (χ0n) is 10.8. The lowest BCUT2D eigenvalue weighted by Gasteiger charge is -2.32. The van der Waals surface area contributed by atoms with Gasteiger partial charge in [-0.05, 0) is 31.9 Å². The molecule has 4 heterocycles. The largest absolute Gasteiger partial charge is 0.340 e. The van der Waals surface area contributed by atoms with Crippen LogP contribution in [0.5, 0.6) is 0 Å². The lowest BCUT2D eigenvalue weighted by molar-refractivity contribution is -0.130. The van der Waals surface area contributed by atoms with Crippen LogP contribution in [0.2, 0.25) is 0 Å². The molecule has 2 atom stereocenters. The summed E-state index contributed by atoms with van der Waals surface area (Å²) in [4.78, 5) is 16.8. The van der Waals surface area contributed by atoms with Gasteiger partial charge in [0.1, 0.15) is 0 Å². The van der Waals surface area contributed by atoms with E-state index in [1.165, 1.54) is 12.8 Å². The Labute approximate surface area is 107 Å². The van der Waals surface area contributed by atoms with Crippen molar-refractivity contribution in [1.29, 1.82) is 0 Å². The number of aromatic nitrogens is 2. The Hall–Kier alpha value is -1.36. The maximum atomic E-state index is 12.3. The Morgan fingerprint density at radius 1 is 1.44 bits per heavy atom. The summed E-state index contributed by atoms with van der Waals surface area (Å²) in [7, 11) is 2.18. The third-order valence-corrected chi connectivity index (χ3v) is 4.24. The fourth-order valence-electron chi connectivity index (χ4n) is 3.18. The molecule has 0 saturated carbocycles. The number of aromatic amines is 1. The maximum Gasteiger partial charge on any atom is 0.228 e. The van der Waals surface area contributed by atoms with E-state index in [9.17, 15) is 4.79 Å². The summed E-state index contributed by atoms with van der Waals surface area (Å²) in [6.45, 7) is 2.95. The van der Waals surface area contributed by atoms with Crippen LogP contribution < -0.4 is 0 Å². The number of H-pyrrole nitrogens is 1. The Bertz CT molecular complexity index is 417. The van der Waals surface area contributed by atoms with Crippen LogP contribution in [-0.2, 0) is 11.2 Å². The van der Waals surface area contributed by atoms with Crippen LogP contribution in [0, 0.1) is 5.92 Å². The molecule has 18 heavy (non-hydrogen) atoms. The molecular formula is C13H20N4O. The first-order valence-electron chi connectivity index (χ1n) is 6.68. The molecule has 0 spiro atoms. The monoisotopic (exact) mass is 248 g/mol. The summed E-state index contributed by atoms with van der Waals surface area (Å²) in [6, 6.07) is 2.42. The summed E-state index contributed by atoms with van der Waals surface area (Å²) in [6.07, 6.45) is 4.64. The molecule has 3 aliphatic heterocycles. The molecule has 0 aliphatic carbocycles. The van der Waals surface area contributed by atoms with Gasteiger partial charge in [0.05, 0.1) is 6.42 Å². The van der Waals surface area contributed by atoms with Gasteiger partial charge in [0.2, 0.25) is 5.91 Å². The Balaban J connectivity index is 1.67. The van der Waals surface area contributed by atoms with E-state index in [0.717, 1.165) is 25.3 Å². The van der Waals surface area contributed by atoms with Crippen molar-refractivity contribution >= 4 is 5.91 Å². The zero-order chi connectivity index (χ0) is 12.5. The topological polar surface area (TPSA) is 52.2 Å². The van der Waals surface area contributed by atoms with Gasteiger partial charge in [-0.2, -0.15) is 5.10 Å². The molecule has 4 rings (SSSR count). The highest BCUT2D eigenvalue weighted by atomic mass is 16.2. The van der Waals surface area contributed by atoms with Crippen LogP contribution >= 0.6 is 0 Å². The van der Waals surface area contributed by atoms with Gasteiger partial charge in [0, 0.05) is 37.6 Å². The summed E-state index contributed by atoms with van der Waals surface area (Å²) in [5.41, 5.74) is 0.907. The number of likely N-dealkylation sites (N-methyl/N-ethyl adjacent to an activating group) is 1. The van der Waals surface area contributed by atoms with Gasteiger partial charge in [-0.1, -0.05) is 0 Å². The lowest BCUT2D eigenvalue weighted by atomic mass is 9.96. The lowest BCUT2D eigenvalue weighted by Crippen LogP contribution is -2.42. The van der Waals surface area contributed by atoms with Crippen LogP contribution in [0.3, 0.4) is 0 Å². The molecule has 3 aliphatic rings. The van der Waals surface area contributed by atoms with E-state index in [-0.39, 0.29) is 5.91 Å². The smallest absolute Gasteiger partial charge is 0.228 e. The molecule has 2 bridgehead atoms. The van der Waals surface area contributed by atoms with E-state index in [2.05, 4.69) is 22.1 Å². The minimum absolute atomic E-state index is 0.228. The molecule has 1 N–H and O–H groups in total. The van der Waals surface area contributed by atoms with Gasteiger partial charge in [0.25, 0.3) is 0 Å². The third-order valence-electron chi connectivity index (χ3n) is 4.24. The van der Waals surface area contributed by atoms with Crippen molar-refractivity contribution < 1.29 is 4.79 Å². The van der Waals surface area contributed by atoms with E-state index in [4.69, 9.17) is 0 Å². The molecule has 0 aromatic carbocycles. The first-order valence-corrected chi connectivity index (χ1v) is 6.68. The highest BCUT2D eigenvalue weighted by Crippen LogP contribution is 2.26. The highest BCUT2D eigenvalue weighted by molar-refractivity contribution is 5.78. The highest BCUT2D eigenvalue weighted by Gasteiger charge is 2.34. The van der Waals surface area contributed by atoms with Crippen molar-refractivity contribution in [2.75, 3.05) is 26.7 Å². The minimum Gasteiger partial charge on any atom is -0.340 e. The quantitative estimate of drug-likeness (QED) is 0.829. The summed E-state index contributed by atoms with van der Waals surface area (Å²) >= 11 is 0. The van der Waals surface area contributed by atoms with Crippen LogP contribution in [-0.4, -0.2) is 58.6 Å².